The summed E-state index contributed by atoms with van der Waals surface area (Å²) in [7, 11) is 0. The highest BCUT2D eigenvalue weighted by atomic mass is 16.5. The van der Waals surface area contributed by atoms with Crippen molar-refractivity contribution in [3.8, 4) is 11.8 Å². The van der Waals surface area contributed by atoms with Crippen molar-refractivity contribution in [3.63, 3.8) is 0 Å². The molecule has 2 amide bonds. The Balaban J connectivity index is 2.16. The minimum Gasteiger partial charge on any atom is -0.384 e. The number of aliphatic hydroxyl groups excluding tert-OH is 1. The van der Waals surface area contributed by atoms with Gasteiger partial charge in [-0.25, -0.2) is 0 Å². The first kappa shape index (κ1) is 15.0. The molecule has 1 aromatic carbocycles. The molecule has 21 heavy (non-hydrogen) atoms. The largest absolute Gasteiger partial charge is 0.384 e. The topological polar surface area (TPSA) is 92.9 Å². The molecule has 1 saturated heterocycles. The van der Waals surface area contributed by atoms with Crippen molar-refractivity contribution in [1.82, 2.24) is 4.90 Å². The monoisotopic (exact) mass is 288 g/mol. The Bertz CT molecular complexity index is 586. The molecule has 1 unspecified atom stereocenters. The average Bonchev–Trinajstić information content (AvgIpc) is 2.52. The van der Waals surface area contributed by atoms with E-state index in [9.17, 15) is 9.59 Å². The van der Waals surface area contributed by atoms with Crippen LogP contribution in [0.25, 0.3) is 0 Å². The third-order valence-corrected chi connectivity index (χ3v) is 3.16. The zero-order chi connectivity index (χ0) is 15.2. The summed E-state index contributed by atoms with van der Waals surface area (Å²) in [5.74, 6) is 4.44. The SMILES string of the molecule is NC(=O)C1COCCN1C(=O)c1ccc(C#CCO)cc1. The van der Waals surface area contributed by atoms with Gasteiger partial charge in [0.2, 0.25) is 5.91 Å². The van der Waals surface area contributed by atoms with Gasteiger partial charge in [-0.15, -0.1) is 0 Å². The summed E-state index contributed by atoms with van der Waals surface area (Å²) in [6.07, 6.45) is 0. The molecule has 0 aromatic heterocycles. The highest BCUT2D eigenvalue weighted by Gasteiger charge is 2.31. The second-order valence-electron chi connectivity index (χ2n) is 4.53. The van der Waals surface area contributed by atoms with E-state index < -0.39 is 11.9 Å². The lowest BCUT2D eigenvalue weighted by Crippen LogP contribution is -2.54. The van der Waals surface area contributed by atoms with Gasteiger partial charge in [-0.1, -0.05) is 11.8 Å². The van der Waals surface area contributed by atoms with Crippen LogP contribution in [0.3, 0.4) is 0 Å². The van der Waals surface area contributed by atoms with E-state index in [1.165, 1.54) is 4.90 Å². The second-order valence-corrected chi connectivity index (χ2v) is 4.53. The van der Waals surface area contributed by atoms with Gasteiger partial charge in [0.25, 0.3) is 5.91 Å². The van der Waals surface area contributed by atoms with Gasteiger partial charge >= 0.3 is 0 Å². The molecule has 110 valence electrons. The van der Waals surface area contributed by atoms with E-state index in [4.69, 9.17) is 15.6 Å². The van der Waals surface area contributed by atoms with Gasteiger partial charge in [0.15, 0.2) is 0 Å². The Hall–Kier alpha value is -2.36. The quantitative estimate of drug-likeness (QED) is 0.708. The Labute approximate surface area is 122 Å². The molecule has 1 aromatic rings. The smallest absolute Gasteiger partial charge is 0.254 e. The standard InChI is InChI=1S/C15H16N2O4/c16-14(19)13-10-21-9-7-17(13)15(20)12-5-3-11(4-6-12)2-1-8-18/h3-6,13,18H,7-10H2,(H2,16,19). The summed E-state index contributed by atoms with van der Waals surface area (Å²) in [4.78, 5) is 25.2. The predicted octanol–water partition coefficient (Wildman–Crippen LogP) is -0.643. The molecule has 1 fully saturated rings. The molecule has 3 N–H and O–H groups in total. The summed E-state index contributed by atoms with van der Waals surface area (Å²) >= 11 is 0. The number of benzene rings is 1. The fraction of sp³-hybridized carbons (Fsp3) is 0.333. The van der Waals surface area contributed by atoms with Gasteiger partial charge in [-0.3, -0.25) is 9.59 Å². The Morgan fingerprint density at radius 1 is 1.38 bits per heavy atom. The van der Waals surface area contributed by atoms with Crippen LogP contribution < -0.4 is 5.73 Å². The molecule has 0 saturated carbocycles. The van der Waals surface area contributed by atoms with E-state index in [1.54, 1.807) is 24.3 Å². The van der Waals surface area contributed by atoms with E-state index in [0.717, 1.165) is 0 Å². The van der Waals surface area contributed by atoms with Crippen LogP contribution in [0.15, 0.2) is 24.3 Å². The van der Waals surface area contributed by atoms with Crippen molar-refractivity contribution in [2.45, 2.75) is 6.04 Å². The summed E-state index contributed by atoms with van der Waals surface area (Å²) in [6.45, 7) is 0.629. The molecule has 0 aliphatic carbocycles. The van der Waals surface area contributed by atoms with Crippen LogP contribution in [0.1, 0.15) is 15.9 Å². The number of rotatable bonds is 2. The van der Waals surface area contributed by atoms with Crippen LogP contribution in [0.5, 0.6) is 0 Å². The number of primary amides is 1. The highest BCUT2D eigenvalue weighted by Crippen LogP contribution is 2.13. The molecule has 1 aliphatic heterocycles. The molecule has 0 bridgehead atoms. The zero-order valence-corrected chi connectivity index (χ0v) is 11.4. The number of nitrogens with two attached hydrogens (primary N) is 1. The van der Waals surface area contributed by atoms with E-state index in [0.29, 0.717) is 24.3 Å². The van der Waals surface area contributed by atoms with Gasteiger partial charge in [-0.2, -0.15) is 0 Å². The molecule has 1 aliphatic rings. The summed E-state index contributed by atoms with van der Waals surface area (Å²) in [5.41, 5.74) is 6.46. The first-order valence-corrected chi connectivity index (χ1v) is 6.51. The van der Waals surface area contributed by atoms with Gasteiger partial charge in [0, 0.05) is 17.7 Å². The van der Waals surface area contributed by atoms with Crippen molar-refractivity contribution in [1.29, 1.82) is 0 Å². The normalized spacial score (nSPS) is 17.8. The number of ether oxygens (including phenoxy) is 1. The fourth-order valence-electron chi connectivity index (χ4n) is 2.09. The predicted molar refractivity (Wildman–Crippen MR) is 75.2 cm³/mol. The first-order valence-electron chi connectivity index (χ1n) is 6.51. The van der Waals surface area contributed by atoms with Gasteiger partial charge in [0.1, 0.15) is 12.6 Å². The number of aliphatic hydroxyl groups is 1. The molecule has 0 radical (unpaired) electrons. The number of morpholine rings is 1. The minimum absolute atomic E-state index is 0.126. The molecular formula is C15H16N2O4. The molecule has 0 spiro atoms. The molecule has 1 heterocycles. The maximum atomic E-state index is 12.4. The lowest BCUT2D eigenvalue weighted by atomic mass is 10.1. The number of amides is 2. The maximum Gasteiger partial charge on any atom is 0.254 e. The van der Waals surface area contributed by atoms with E-state index in [1.807, 2.05) is 0 Å². The van der Waals surface area contributed by atoms with Crippen LogP contribution in [-0.2, 0) is 9.53 Å². The average molecular weight is 288 g/mol. The second kappa shape index (κ2) is 6.88. The van der Waals surface area contributed by atoms with E-state index in [-0.39, 0.29) is 19.1 Å². The zero-order valence-electron chi connectivity index (χ0n) is 11.4. The first-order chi connectivity index (χ1) is 10.1. The Morgan fingerprint density at radius 3 is 2.71 bits per heavy atom. The van der Waals surface area contributed by atoms with Gasteiger partial charge < -0.3 is 20.5 Å². The molecule has 2 rings (SSSR count). The summed E-state index contributed by atoms with van der Waals surface area (Å²) < 4.78 is 5.19. The number of hydrogen-bond donors (Lipinski definition) is 2. The third-order valence-electron chi connectivity index (χ3n) is 3.16. The van der Waals surface area contributed by atoms with Crippen molar-refractivity contribution in [2.24, 2.45) is 5.73 Å². The molecular weight excluding hydrogens is 272 g/mol. The Morgan fingerprint density at radius 2 is 2.10 bits per heavy atom. The third kappa shape index (κ3) is 3.60. The highest BCUT2D eigenvalue weighted by molar-refractivity contribution is 5.97. The number of hydrogen-bond acceptors (Lipinski definition) is 4. The van der Waals surface area contributed by atoms with Crippen molar-refractivity contribution in [3.05, 3.63) is 35.4 Å². The Kier molecular flexibility index (Phi) is 4.93. The minimum atomic E-state index is -0.736. The lowest BCUT2D eigenvalue weighted by molar-refractivity contribution is -0.127. The van der Waals surface area contributed by atoms with Crippen molar-refractivity contribution >= 4 is 11.8 Å². The summed E-state index contributed by atoms with van der Waals surface area (Å²) in [6, 6.07) is 5.92. The molecule has 1 atom stereocenters. The van der Waals surface area contributed by atoms with Gasteiger partial charge in [0.05, 0.1) is 13.2 Å². The van der Waals surface area contributed by atoms with Crippen LogP contribution in [-0.4, -0.2) is 54.2 Å². The van der Waals surface area contributed by atoms with Crippen LogP contribution in [0.4, 0.5) is 0 Å². The lowest BCUT2D eigenvalue weighted by Gasteiger charge is -2.33. The van der Waals surface area contributed by atoms with Crippen molar-refractivity contribution in [2.75, 3.05) is 26.4 Å². The molecule has 6 heteroatoms. The fourth-order valence-corrected chi connectivity index (χ4v) is 2.09. The molecule has 6 nitrogen and oxygen atoms in total. The number of carbonyl (C=O) groups is 2. The van der Waals surface area contributed by atoms with Crippen LogP contribution >= 0.6 is 0 Å². The van der Waals surface area contributed by atoms with Crippen LogP contribution in [0, 0.1) is 11.8 Å². The maximum absolute atomic E-state index is 12.4. The van der Waals surface area contributed by atoms with E-state index in [2.05, 4.69) is 11.8 Å². The number of carbonyl (C=O) groups excluding carboxylic acids is 2. The number of nitrogens with zero attached hydrogens (tertiary/aromatic N) is 1. The van der Waals surface area contributed by atoms with Crippen molar-refractivity contribution < 1.29 is 19.4 Å². The van der Waals surface area contributed by atoms with Gasteiger partial charge in [-0.05, 0) is 24.3 Å². The van der Waals surface area contributed by atoms with E-state index >= 15 is 0 Å². The summed E-state index contributed by atoms with van der Waals surface area (Å²) in [5, 5.41) is 8.63. The van der Waals surface area contributed by atoms with Crippen LogP contribution in [0.2, 0.25) is 0 Å².